The van der Waals surface area contributed by atoms with E-state index in [4.69, 9.17) is 19.4 Å². The summed E-state index contributed by atoms with van der Waals surface area (Å²) in [7, 11) is 0. The Kier molecular flexibility index (Phi) is 8.66. The molecule has 1 unspecified atom stereocenters. The van der Waals surface area contributed by atoms with E-state index in [1.54, 1.807) is 17.0 Å². The van der Waals surface area contributed by atoms with Crippen LogP contribution in [0.2, 0.25) is 0 Å². The number of aromatic nitrogens is 2. The van der Waals surface area contributed by atoms with Crippen LogP contribution in [0.5, 0.6) is 11.8 Å². The second-order valence-corrected chi connectivity index (χ2v) is 11.1. The predicted octanol–water partition coefficient (Wildman–Crippen LogP) is 2.58. The number of fused-ring (bicyclic) bond motifs is 2. The van der Waals surface area contributed by atoms with Crippen LogP contribution in [0.3, 0.4) is 0 Å². The number of carbonyl (C=O) groups is 1. The lowest BCUT2D eigenvalue weighted by atomic mass is 10.0. The average Bonchev–Trinajstić information content (AvgIpc) is 3.05. The van der Waals surface area contributed by atoms with E-state index in [9.17, 15) is 14.8 Å². The number of ether oxygens (including phenoxy) is 2. The molecule has 6 rings (SSSR count). The molecule has 2 saturated heterocycles. The molecule has 0 aliphatic carbocycles. The van der Waals surface area contributed by atoms with Gasteiger partial charge in [0.1, 0.15) is 24.2 Å². The lowest BCUT2D eigenvalue weighted by Gasteiger charge is -2.38. The number of nitroso groups, excluding NO2 is 1. The van der Waals surface area contributed by atoms with Gasteiger partial charge in [0.15, 0.2) is 0 Å². The monoisotopic (exact) mass is 587 g/mol. The molecule has 0 bridgehead atoms. The molecule has 4 heterocycles. The number of phenolic OH excluding ortho intramolecular Hbond substituents is 1. The van der Waals surface area contributed by atoms with Crippen LogP contribution in [0, 0.1) is 4.91 Å². The smallest absolute Gasteiger partial charge is 0.318 e. The molecular formula is C31H37N7O5. The Labute approximate surface area is 250 Å². The quantitative estimate of drug-likeness (QED) is 0.295. The van der Waals surface area contributed by atoms with Gasteiger partial charge >= 0.3 is 6.01 Å². The highest BCUT2D eigenvalue weighted by atomic mass is 16.5. The number of benzene rings is 2. The first-order valence-electron chi connectivity index (χ1n) is 14.8. The summed E-state index contributed by atoms with van der Waals surface area (Å²) < 4.78 is 11.5. The molecule has 12 heteroatoms. The van der Waals surface area contributed by atoms with Crippen molar-refractivity contribution in [2.75, 3.05) is 82.0 Å². The van der Waals surface area contributed by atoms with E-state index >= 15 is 0 Å². The van der Waals surface area contributed by atoms with Gasteiger partial charge in [-0.25, -0.2) is 0 Å². The molecule has 1 N–H and O–H groups in total. The van der Waals surface area contributed by atoms with Crippen LogP contribution in [0.1, 0.15) is 11.3 Å². The van der Waals surface area contributed by atoms with Gasteiger partial charge in [-0.3, -0.25) is 9.69 Å². The Morgan fingerprint density at radius 1 is 1.07 bits per heavy atom. The molecule has 0 radical (unpaired) electrons. The van der Waals surface area contributed by atoms with Crippen molar-refractivity contribution < 1.29 is 19.4 Å². The van der Waals surface area contributed by atoms with Crippen LogP contribution < -0.4 is 14.5 Å². The maximum Gasteiger partial charge on any atom is 0.318 e. The number of hydrogen-bond donors (Lipinski definition) is 1. The van der Waals surface area contributed by atoms with Crippen LogP contribution in [0.15, 0.2) is 54.2 Å². The third-order valence-electron chi connectivity index (χ3n) is 8.38. The van der Waals surface area contributed by atoms with E-state index in [1.165, 1.54) is 6.08 Å². The van der Waals surface area contributed by atoms with Crippen molar-refractivity contribution in [2.24, 2.45) is 5.18 Å². The van der Waals surface area contributed by atoms with Crippen molar-refractivity contribution in [3.05, 3.63) is 65.2 Å². The summed E-state index contributed by atoms with van der Waals surface area (Å²) in [6, 6.07) is 11.2. The Hall–Kier alpha value is -4.29. The van der Waals surface area contributed by atoms with E-state index in [0.717, 1.165) is 53.2 Å². The first-order valence-corrected chi connectivity index (χ1v) is 14.8. The van der Waals surface area contributed by atoms with E-state index in [1.807, 2.05) is 18.2 Å². The Balaban J connectivity index is 1.27. The van der Waals surface area contributed by atoms with Gasteiger partial charge in [-0.15, -0.1) is 0 Å². The molecule has 226 valence electrons. The zero-order valence-electron chi connectivity index (χ0n) is 24.2. The first-order chi connectivity index (χ1) is 21.0. The SMILES string of the molecule is C=CC(=O)N1CCN(c2nc(OCC(CN3CCOCC3)N=O)nc3c2CCN(c2cc(O)cc4ccccc24)C3)CC1. The summed E-state index contributed by atoms with van der Waals surface area (Å²) >= 11 is 0. The number of aromatic hydroxyl groups is 1. The number of morpholine rings is 1. The molecule has 12 nitrogen and oxygen atoms in total. The van der Waals surface area contributed by atoms with Crippen molar-refractivity contribution in [3.63, 3.8) is 0 Å². The summed E-state index contributed by atoms with van der Waals surface area (Å²) in [5.41, 5.74) is 2.83. The van der Waals surface area contributed by atoms with E-state index < -0.39 is 6.04 Å². The van der Waals surface area contributed by atoms with Crippen molar-refractivity contribution >= 4 is 28.2 Å². The molecule has 1 atom stereocenters. The second kappa shape index (κ2) is 12.9. The number of phenols is 1. The van der Waals surface area contributed by atoms with Crippen molar-refractivity contribution in [1.29, 1.82) is 0 Å². The lowest BCUT2D eigenvalue weighted by Crippen LogP contribution is -2.49. The third-order valence-corrected chi connectivity index (χ3v) is 8.38. The highest BCUT2D eigenvalue weighted by Gasteiger charge is 2.29. The van der Waals surface area contributed by atoms with E-state index in [0.29, 0.717) is 58.9 Å². The fraction of sp³-hybridized carbons (Fsp3) is 0.452. The van der Waals surface area contributed by atoms with Gasteiger partial charge in [0.25, 0.3) is 0 Å². The van der Waals surface area contributed by atoms with Gasteiger partial charge < -0.3 is 29.3 Å². The topological polar surface area (TPSA) is 124 Å². The van der Waals surface area contributed by atoms with Gasteiger partial charge in [0.2, 0.25) is 5.91 Å². The minimum absolute atomic E-state index is 0.0710. The molecule has 1 aromatic heterocycles. The number of carbonyl (C=O) groups excluding carboxylic acids is 1. The number of nitrogens with zero attached hydrogens (tertiary/aromatic N) is 7. The first kappa shape index (κ1) is 28.8. The molecule has 0 saturated carbocycles. The lowest BCUT2D eigenvalue weighted by molar-refractivity contribution is -0.126. The Morgan fingerprint density at radius 3 is 2.63 bits per heavy atom. The molecule has 2 aromatic carbocycles. The summed E-state index contributed by atoms with van der Waals surface area (Å²) in [6.45, 7) is 10.6. The average molecular weight is 588 g/mol. The Morgan fingerprint density at radius 2 is 1.86 bits per heavy atom. The molecule has 3 aliphatic rings. The van der Waals surface area contributed by atoms with Crippen molar-refractivity contribution in [1.82, 2.24) is 19.8 Å². The summed E-state index contributed by atoms with van der Waals surface area (Å²) in [5.74, 6) is 0.941. The largest absolute Gasteiger partial charge is 0.508 e. The molecule has 3 aromatic rings. The normalized spacial score (nSPS) is 18.3. The summed E-state index contributed by atoms with van der Waals surface area (Å²) in [6.07, 6.45) is 2.05. The van der Waals surface area contributed by atoms with Crippen LogP contribution in [-0.4, -0.2) is 109 Å². The Bertz CT molecular complexity index is 1490. The second-order valence-electron chi connectivity index (χ2n) is 11.1. The van der Waals surface area contributed by atoms with Crippen molar-refractivity contribution in [3.8, 4) is 11.8 Å². The van der Waals surface area contributed by atoms with E-state index in [2.05, 4.69) is 32.5 Å². The van der Waals surface area contributed by atoms with Gasteiger partial charge in [0, 0.05) is 75.1 Å². The van der Waals surface area contributed by atoms with Crippen LogP contribution in [0.25, 0.3) is 10.8 Å². The fourth-order valence-electron chi connectivity index (χ4n) is 6.09. The molecular weight excluding hydrogens is 550 g/mol. The zero-order valence-corrected chi connectivity index (χ0v) is 24.2. The summed E-state index contributed by atoms with van der Waals surface area (Å²) in [5, 5.41) is 15.8. The van der Waals surface area contributed by atoms with Crippen LogP contribution in [-0.2, 0) is 22.5 Å². The standard InChI is InChI=1S/C31H37N7O5/c1-2-29(40)36-9-11-37(12-10-36)30-26-7-8-38(28-18-24(39)17-22-5-3-4-6-25(22)28)20-27(26)32-31(33-30)43-21-23(34-41)19-35-13-15-42-16-14-35/h2-6,17-18,23,39H,1,7-16,19-21H2. The number of amides is 1. The van der Waals surface area contributed by atoms with Crippen LogP contribution >= 0.6 is 0 Å². The highest BCUT2D eigenvalue weighted by molar-refractivity contribution is 5.95. The minimum Gasteiger partial charge on any atom is -0.508 e. The van der Waals surface area contributed by atoms with Gasteiger partial charge in [-0.1, -0.05) is 36.0 Å². The van der Waals surface area contributed by atoms with E-state index in [-0.39, 0.29) is 24.3 Å². The third kappa shape index (κ3) is 6.40. The maximum absolute atomic E-state index is 12.2. The summed E-state index contributed by atoms with van der Waals surface area (Å²) in [4.78, 5) is 41.9. The maximum atomic E-state index is 12.2. The number of piperazine rings is 1. The number of anilines is 2. The molecule has 0 spiro atoms. The van der Waals surface area contributed by atoms with Crippen LogP contribution in [0.4, 0.5) is 11.5 Å². The van der Waals surface area contributed by atoms with Gasteiger partial charge in [-0.2, -0.15) is 14.9 Å². The number of hydrogen-bond acceptors (Lipinski definition) is 11. The highest BCUT2D eigenvalue weighted by Crippen LogP contribution is 2.36. The van der Waals surface area contributed by atoms with Gasteiger partial charge in [0.05, 0.1) is 25.5 Å². The fourth-order valence-corrected chi connectivity index (χ4v) is 6.09. The van der Waals surface area contributed by atoms with Gasteiger partial charge in [-0.05, 0) is 23.9 Å². The molecule has 1 amide bonds. The molecule has 2 fully saturated rings. The molecule has 43 heavy (non-hydrogen) atoms. The molecule has 3 aliphatic heterocycles. The number of rotatable bonds is 9. The zero-order chi connectivity index (χ0) is 29.8. The predicted molar refractivity (Wildman–Crippen MR) is 164 cm³/mol. The van der Waals surface area contributed by atoms with Crippen molar-refractivity contribution in [2.45, 2.75) is 19.0 Å². The minimum atomic E-state index is -0.565.